The van der Waals surface area contributed by atoms with E-state index in [0.717, 1.165) is 10.6 Å². The van der Waals surface area contributed by atoms with Crippen molar-refractivity contribution in [2.24, 2.45) is 0 Å². The van der Waals surface area contributed by atoms with Crippen molar-refractivity contribution < 1.29 is 28.3 Å². The Morgan fingerprint density at radius 1 is 0.810 bits per heavy atom. The van der Waals surface area contributed by atoms with E-state index in [1.54, 1.807) is 0 Å². The van der Waals surface area contributed by atoms with Gasteiger partial charge >= 0.3 is 125 Å². The predicted octanol–water partition coefficient (Wildman–Crippen LogP) is 5.95. The van der Waals surface area contributed by atoms with Crippen LogP contribution in [0.2, 0.25) is 8.45 Å². The number of hydrogen-bond donors (Lipinski definition) is 0. The summed E-state index contributed by atoms with van der Waals surface area (Å²) in [7, 11) is -4.24. The second-order valence-corrected chi connectivity index (χ2v) is 14.9. The van der Waals surface area contributed by atoms with Crippen LogP contribution >= 0.6 is 48.2 Å². The van der Waals surface area contributed by atoms with Gasteiger partial charge < -0.3 is 0 Å². The minimum absolute atomic E-state index is 0. The van der Waals surface area contributed by atoms with Crippen LogP contribution in [-0.4, -0.2) is 26.7 Å². The monoisotopic (exact) mass is 490 g/mol. The molecule has 2 unspecified atom stereocenters. The molecule has 2 nitrogen and oxygen atoms in total. The van der Waals surface area contributed by atoms with Crippen molar-refractivity contribution >= 4 is 48.2 Å². The van der Waals surface area contributed by atoms with Crippen LogP contribution in [0, 0.1) is 0 Å². The molecule has 0 aromatic heterocycles. The summed E-state index contributed by atoms with van der Waals surface area (Å²) in [6.45, 7) is 7.29. The van der Waals surface area contributed by atoms with Crippen LogP contribution in [-0.2, 0) is 28.3 Å². The van der Waals surface area contributed by atoms with E-state index in [0.29, 0.717) is 8.45 Å². The SMILES string of the molecule is Br.Br.CP(C)(=O)C1=C[CH]([Ti][CH]2C=CC(P(C)(C)=O)=C2)C=C1. The van der Waals surface area contributed by atoms with Crippen molar-refractivity contribution in [2.45, 2.75) is 8.45 Å². The van der Waals surface area contributed by atoms with E-state index in [2.05, 4.69) is 24.3 Å². The molecule has 0 aliphatic heterocycles. The molecule has 0 fully saturated rings. The summed E-state index contributed by atoms with van der Waals surface area (Å²) in [4.78, 5) is 0. The maximum absolute atomic E-state index is 12.0. The number of hydrogen-bond acceptors (Lipinski definition) is 2. The zero-order chi connectivity index (χ0) is 14.3. The third-order valence-electron chi connectivity index (χ3n) is 3.28. The van der Waals surface area contributed by atoms with Gasteiger partial charge in [0.1, 0.15) is 0 Å². The fraction of sp³-hybridized carbons (Fsp3) is 0.429. The van der Waals surface area contributed by atoms with Crippen molar-refractivity contribution in [3.63, 3.8) is 0 Å². The van der Waals surface area contributed by atoms with Crippen molar-refractivity contribution in [3.05, 3.63) is 47.1 Å². The quantitative estimate of drug-likeness (QED) is 0.359. The molecule has 2 aliphatic carbocycles. The molecule has 21 heavy (non-hydrogen) atoms. The van der Waals surface area contributed by atoms with Gasteiger partial charge in [0, 0.05) is 0 Å². The maximum atomic E-state index is 12.0. The van der Waals surface area contributed by atoms with Gasteiger partial charge in [0.25, 0.3) is 0 Å². The second kappa shape index (κ2) is 8.27. The Labute approximate surface area is 157 Å². The third kappa shape index (κ3) is 6.24. The molecule has 0 amide bonds. The van der Waals surface area contributed by atoms with E-state index in [1.807, 2.05) is 38.8 Å². The Morgan fingerprint density at radius 3 is 1.38 bits per heavy atom. The van der Waals surface area contributed by atoms with E-state index in [1.165, 1.54) is 0 Å². The zero-order valence-corrected chi connectivity index (χ0v) is 19.4. The van der Waals surface area contributed by atoms with Crippen LogP contribution in [0.25, 0.3) is 0 Å². The first-order valence-corrected chi connectivity index (χ1v) is 13.3. The third-order valence-corrected chi connectivity index (χ3v) is 8.68. The molecular formula is C14H22Br2O2P2Ti. The van der Waals surface area contributed by atoms with Gasteiger partial charge in [-0.15, -0.1) is 34.0 Å². The zero-order valence-electron chi connectivity index (χ0n) is 12.6. The van der Waals surface area contributed by atoms with Crippen molar-refractivity contribution in [3.8, 4) is 0 Å². The molecular weight excluding hydrogens is 470 g/mol. The molecule has 0 aromatic carbocycles. The van der Waals surface area contributed by atoms with Crippen LogP contribution in [0.15, 0.2) is 47.1 Å². The summed E-state index contributed by atoms with van der Waals surface area (Å²) in [6.07, 6.45) is 12.8. The van der Waals surface area contributed by atoms with Crippen molar-refractivity contribution in [1.29, 1.82) is 0 Å². The molecule has 2 aliphatic rings. The van der Waals surface area contributed by atoms with Gasteiger partial charge in [-0.2, -0.15) is 0 Å². The first kappa shape index (κ1) is 22.1. The summed E-state index contributed by atoms with van der Waals surface area (Å²) in [5.41, 5.74) is 0. The molecule has 0 radical (unpaired) electrons. The summed E-state index contributed by atoms with van der Waals surface area (Å²) >= 11 is -0.248. The Kier molecular flexibility index (Phi) is 8.70. The molecule has 0 N–H and O–H groups in total. The molecule has 0 heterocycles. The number of halogens is 2. The number of allylic oxidation sites excluding steroid dienone is 8. The summed E-state index contributed by atoms with van der Waals surface area (Å²) in [5.74, 6) is 0. The van der Waals surface area contributed by atoms with Crippen LogP contribution in [0.3, 0.4) is 0 Å². The molecule has 2 atom stereocenters. The molecule has 7 heteroatoms. The van der Waals surface area contributed by atoms with Gasteiger partial charge in [-0.3, -0.25) is 0 Å². The molecule has 0 saturated heterocycles. The number of rotatable bonds is 4. The van der Waals surface area contributed by atoms with Gasteiger partial charge in [0.15, 0.2) is 0 Å². The van der Waals surface area contributed by atoms with Crippen LogP contribution in [0.4, 0.5) is 0 Å². The Hall–Kier alpha value is 1.09. The van der Waals surface area contributed by atoms with Crippen molar-refractivity contribution in [1.82, 2.24) is 0 Å². The second-order valence-electron chi connectivity index (χ2n) is 5.82. The first-order valence-electron chi connectivity index (χ1n) is 6.33. The van der Waals surface area contributed by atoms with Gasteiger partial charge in [0.2, 0.25) is 0 Å². The average molecular weight is 492 g/mol. The van der Waals surface area contributed by atoms with Gasteiger partial charge in [0.05, 0.1) is 0 Å². The van der Waals surface area contributed by atoms with Gasteiger partial charge in [-0.1, -0.05) is 0 Å². The Morgan fingerprint density at radius 2 is 1.14 bits per heavy atom. The Bertz CT molecular complexity index is 544. The summed E-state index contributed by atoms with van der Waals surface area (Å²) in [5, 5.41) is 2.04. The molecule has 0 spiro atoms. The van der Waals surface area contributed by atoms with Gasteiger partial charge in [-0.05, 0) is 0 Å². The molecule has 0 aromatic rings. The van der Waals surface area contributed by atoms with Crippen molar-refractivity contribution in [2.75, 3.05) is 26.7 Å². The van der Waals surface area contributed by atoms with Gasteiger partial charge in [-0.25, -0.2) is 0 Å². The van der Waals surface area contributed by atoms with E-state index < -0.39 is 14.3 Å². The van der Waals surface area contributed by atoms with Crippen LogP contribution in [0.5, 0.6) is 0 Å². The van der Waals surface area contributed by atoms with Crippen LogP contribution < -0.4 is 0 Å². The fourth-order valence-electron chi connectivity index (χ4n) is 2.14. The van der Waals surface area contributed by atoms with E-state index in [-0.39, 0.29) is 53.1 Å². The molecule has 2 rings (SSSR count). The average Bonchev–Trinajstić information content (AvgIpc) is 2.84. The standard InChI is InChI=1S/2C7H10OP.2BrH.Ti/c2*1-9(2,8)7-5-3-4-6-7;;;/h2*3-6H,1-2H3;2*1H;. The predicted molar refractivity (Wildman–Crippen MR) is 101 cm³/mol. The van der Waals surface area contributed by atoms with Crippen LogP contribution in [0.1, 0.15) is 0 Å². The first-order chi connectivity index (χ1) is 8.66. The van der Waals surface area contributed by atoms with E-state index >= 15 is 0 Å². The fourth-order valence-corrected chi connectivity index (χ4v) is 6.71. The molecule has 0 bridgehead atoms. The minimum atomic E-state index is -2.12. The normalized spacial score (nSPS) is 24.0. The van der Waals surface area contributed by atoms with E-state index in [9.17, 15) is 9.13 Å². The Balaban J connectivity index is 0.00000200. The topological polar surface area (TPSA) is 34.1 Å². The summed E-state index contributed by atoms with van der Waals surface area (Å²) in [6, 6.07) is 0. The summed E-state index contributed by atoms with van der Waals surface area (Å²) < 4.78 is 25.0. The molecule has 118 valence electrons. The molecule has 0 saturated carbocycles. The van der Waals surface area contributed by atoms with E-state index in [4.69, 9.17) is 0 Å².